The first-order valence-corrected chi connectivity index (χ1v) is 10.6. The fourth-order valence-electron chi connectivity index (χ4n) is 2.79. The van der Waals surface area contributed by atoms with Gasteiger partial charge in [-0.15, -0.1) is 11.8 Å². The zero-order chi connectivity index (χ0) is 22.4. The van der Waals surface area contributed by atoms with E-state index in [1.807, 2.05) is 19.1 Å². The van der Waals surface area contributed by atoms with Crippen molar-refractivity contribution in [3.8, 4) is 0 Å². The second-order valence-electron chi connectivity index (χ2n) is 6.63. The number of benzene rings is 3. The molecule has 3 rings (SSSR count). The topological polar surface area (TPSA) is 95.5 Å². The first-order chi connectivity index (χ1) is 14.8. The summed E-state index contributed by atoms with van der Waals surface area (Å²) in [5.41, 5.74) is 2.08. The Balaban J connectivity index is 1.63. The van der Waals surface area contributed by atoms with Gasteiger partial charge in [0.15, 0.2) is 0 Å². The maximum Gasteiger partial charge on any atom is 0.336 e. The van der Waals surface area contributed by atoms with Crippen LogP contribution in [0.4, 0.5) is 11.4 Å². The van der Waals surface area contributed by atoms with E-state index in [1.54, 1.807) is 42.5 Å². The van der Waals surface area contributed by atoms with Crippen LogP contribution in [-0.2, 0) is 4.79 Å². The predicted molar refractivity (Wildman–Crippen MR) is 123 cm³/mol. The molecule has 0 aromatic heterocycles. The SMILES string of the molecule is Cc1ccc(Cl)cc1NC(=O)CSc1cccc(NC(=O)c2ccccc2C(=O)O)c1. The molecule has 3 aromatic rings. The van der Waals surface area contributed by atoms with Gasteiger partial charge in [0.2, 0.25) is 5.91 Å². The highest BCUT2D eigenvalue weighted by Gasteiger charge is 2.16. The third-order valence-electron chi connectivity index (χ3n) is 4.34. The number of hydrogen-bond acceptors (Lipinski definition) is 4. The molecule has 0 aliphatic rings. The summed E-state index contributed by atoms with van der Waals surface area (Å²) in [6.07, 6.45) is 0. The molecule has 0 fully saturated rings. The normalized spacial score (nSPS) is 10.4. The number of anilines is 2. The van der Waals surface area contributed by atoms with Crippen LogP contribution in [0.5, 0.6) is 0 Å². The van der Waals surface area contributed by atoms with Gasteiger partial charge in [0.1, 0.15) is 0 Å². The molecule has 0 heterocycles. The van der Waals surface area contributed by atoms with E-state index in [1.165, 1.54) is 23.9 Å². The van der Waals surface area contributed by atoms with E-state index < -0.39 is 11.9 Å². The molecule has 31 heavy (non-hydrogen) atoms. The van der Waals surface area contributed by atoms with Crippen LogP contribution in [0, 0.1) is 6.92 Å². The standard InChI is InChI=1S/C23H19ClN2O4S/c1-14-9-10-15(24)11-20(14)26-21(27)13-31-17-6-4-5-16(12-17)25-22(28)18-7-2-3-8-19(18)23(29)30/h2-12H,13H2,1H3,(H,25,28)(H,26,27)(H,29,30). The van der Waals surface area contributed by atoms with Gasteiger partial charge < -0.3 is 15.7 Å². The van der Waals surface area contributed by atoms with Gasteiger partial charge >= 0.3 is 5.97 Å². The second-order valence-corrected chi connectivity index (χ2v) is 8.11. The first-order valence-electron chi connectivity index (χ1n) is 9.26. The van der Waals surface area contributed by atoms with Gasteiger partial charge in [-0.05, 0) is 55.0 Å². The highest BCUT2D eigenvalue weighted by molar-refractivity contribution is 8.00. The second kappa shape index (κ2) is 10.1. The lowest BCUT2D eigenvalue weighted by Crippen LogP contribution is -2.16. The first kappa shape index (κ1) is 22.4. The summed E-state index contributed by atoms with van der Waals surface area (Å²) in [6.45, 7) is 1.88. The number of rotatable bonds is 7. The largest absolute Gasteiger partial charge is 0.478 e. The number of carboxylic acid groups (broad SMARTS) is 1. The van der Waals surface area contributed by atoms with Gasteiger partial charge in [-0.3, -0.25) is 9.59 Å². The Labute approximate surface area is 188 Å². The molecule has 0 bridgehead atoms. The number of aryl methyl sites for hydroxylation is 1. The van der Waals surface area contributed by atoms with Crippen LogP contribution in [0.25, 0.3) is 0 Å². The number of amides is 2. The summed E-state index contributed by atoms with van der Waals surface area (Å²) < 4.78 is 0. The third-order valence-corrected chi connectivity index (χ3v) is 5.57. The van der Waals surface area contributed by atoms with E-state index in [2.05, 4.69) is 10.6 Å². The fourth-order valence-corrected chi connectivity index (χ4v) is 3.72. The maximum atomic E-state index is 12.5. The quantitative estimate of drug-likeness (QED) is 0.419. The van der Waals surface area contributed by atoms with E-state index in [0.717, 1.165) is 10.5 Å². The van der Waals surface area contributed by atoms with Crippen molar-refractivity contribution in [3.05, 3.63) is 88.4 Å². The molecular weight excluding hydrogens is 436 g/mol. The lowest BCUT2D eigenvalue weighted by molar-refractivity contribution is -0.113. The minimum absolute atomic E-state index is 0.0708. The van der Waals surface area contributed by atoms with E-state index >= 15 is 0 Å². The molecule has 3 N–H and O–H groups in total. The van der Waals surface area contributed by atoms with E-state index in [4.69, 9.17) is 11.6 Å². The third kappa shape index (κ3) is 6.10. The molecular formula is C23H19ClN2O4S. The molecule has 2 amide bonds. The van der Waals surface area contributed by atoms with Crippen molar-refractivity contribution in [1.29, 1.82) is 0 Å². The fraction of sp³-hybridized carbons (Fsp3) is 0.0870. The molecule has 0 spiro atoms. The van der Waals surface area contributed by atoms with Crippen molar-refractivity contribution >= 4 is 52.5 Å². The van der Waals surface area contributed by atoms with Gasteiger partial charge in [-0.25, -0.2) is 4.79 Å². The van der Waals surface area contributed by atoms with Crippen molar-refractivity contribution in [1.82, 2.24) is 0 Å². The van der Waals surface area contributed by atoms with Crippen molar-refractivity contribution in [3.63, 3.8) is 0 Å². The molecule has 0 radical (unpaired) electrons. The van der Waals surface area contributed by atoms with E-state index in [0.29, 0.717) is 16.4 Å². The zero-order valence-electron chi connectivity index (χ0n) is 16.5. The Morgan fingerprint density at radius 2 is 1.68 bits per heavy atom. The summed E-state index contributed by atoms with van der Waals surface area (Å²) in [6, 6.07) is 18.3. The van der Waals surface area contributed by atoms with Crippen molar-refractivity contribution < 1.29 is 19.5 Å². The summed E-state index contributed by atoms with van der Waals surface area (Å²) in [5, 5.41) is 15.3. The monoisotopic (exact) mass is 454 g/mol. The van der Waals surface area contributed by atoms with Crippen LogP contribution >= 0.6 is 23.4 Å². The van der Waals surface area contributed by atoms with Crippen LogP contribution in [0.15, 0.2) is 71.6 Å². The molecule has 0 unspecified atom stereocenters. The van der Waals surface area contributed by atoms with Crippen LogP contribution in [0.2, 0.25) is 5.02 Å². The molecule has 158 valence electrons. The highest BCUT2D eigenvalue weighted by Crippen LogP contribution is 2.24. The van der Waals surface area contributed by atoms with Crippen LogP contribution in [0.1, 0.15) is 26.3 Å². The Morgan fingerprint density at radius 3 is 2.42 bits per heavy atom. The maximum absolute atomic E-state index is 12.5. The van der Waals surface area contributed by atoms with Gasteiger partial charge in [-0.2, -0.15) is 0 Å². The summed E-state index contributed by atoms with van der Waals surface area (Å²) in [4.78, 5) is 36.9. The lowest BCUT2D eigenvalue weighted by atomic mass is 10.1. The van der Waals surface area contributed by atoms with Crippen LogP contribution in [-0.4, -0.2) is 28.6 Å². The molecule has 0 aliphatic heterocycles. The zero-order valence-corrected chi connectivity index (χ0v) is 18.1. The molecule has 6 nitrogen and oxygen atoms in total. The summed E-state index contributed by atoms with van der Waals surface area (Å²) in [5.74, 6) is -1.70. The number of halogens is 1. The van der Waals surface area contributed by atoms with E-state index in [-0.39, 0.29) is 22.8 Å². The minimum Gasteiger partial charge on any atom is -0.478 e. The van der Waals surface area contributed by atoms with Gasteiger partial charge in [0.25, 0.3) is 5.91 Å². The minimum atomic E-state index is -1.17. The van der Waals surface area contributed by atoms with Crippen molar-refractivity contribution in [2.24, 2.45) is 0 Å². The molecule has 0 aliphatic carbocycles. The molecule has 8 heteroatoms. The van der Waals surface area contributed by atoms with Gasteiger partial charge in [0, 0.05) is 21.3 Å². The number of hydrogen-bond donors (Lipinski definition) is 3. The lowest BCUT2D eigenvalue weighted by Gasteiger charge is -2.10. The average molecular weight is 455 g/mol. The summed E-state index contributed by atoms with van der Waals surface area (Å²) >= 11 is 7.29. The van der Waals surface area contributed by atoms with Crippen molar-refractivity contribution in [2.75, 3.05) is 16.4 Å². The Kier molecular flexibility index (Phi) is 7.33. The van der Waals surface area contributed by atoms with Crippen molar-refractivity contribution in [2.45, 2.75) is 11.8 Å². The summed E-state index contributed by atoms with van der Waals surface area (Å²) in [7, 11) is 0. The van der Waals surface area contributed by atoms with Crippen LogP contribution in [0.3, 0.4) is 0 Å². The number of carbonyl (C=O) groups excluding carboxylic acids is 2. The average Bonchev–Trinajstić information content (AvgIpc) is 2.75. The molecule has 0 saturated heterocycles. The number of thioether (sulfide) groups is 1. The number of carbonyl (C=O) groups is 3. The number of carboxylic acids is 1. The molecule has 0 saturated carbocycles. The van der Waals surface area contributed by atoms with Crippen LogP contribution < -0.4 is 10.6 Å². The van der Waals surface area contributed by atoms with Gasteiger partial charge in [0.05, 0.1) is 16.9 Å². The molecule has 0 atom stereocenters. The predicted octanol–water partition coefficient (Wildman–Crippen LogP) is 5.33. The van der Waals surface area contributed by atoms with E-state index in [9.17, 15) is 19.5 Å². The highest BCUT2D eigenvalue weighted by atomic mass is 35.5. The Bertz CT molecular complexity index is 1150. The Hall–Kier alpha value is -3.29. The Morgan fingerprint density at radius 1 is 0.935 bits per heavy atom. The number of aromatic carboxylic acids is 1. The van der Waals surface area contributed by atoms with Gasteiger partial charge in [-0.1, -0.05) is 35.9 Å². The smallest absolute Gasteiger partial charge is 0.336 e. The number of nitrogens with one attached hydrogen (secondary N) is 2. The molecule has 3 aromatic carbocycles.